The van der Waals surface area contributed by atoms with Crippen molar-refractivity contribution in [2.45, 2.75) is 49.4 Å². The van der Waals surface area contributed by atoms with E-state index in [9.17, 15) is 40.0 Å². The first-order chi connectivity index (χ1) is 18.7. The van der Waals surface area contributed by atoms with Crippen LogP contribution in [0.3, 0.4) is 0 Å². The van der Waals surface area contributed by atoms with Crippen molar-refractivity contribution in [3.05, 3.63) is 59.1 Å². The maximum atomic E-state index is 14.4. The minimum Gasteiger partial charge on any atom is -0.480 e. The number of aromatic nitrogens is 2. The third-order valence-corrected chi connectivity index (χ3v) is 8.11. The predicted molar refractivity (Wildman–Crippen MR) is 130 cm³/mol. The van der Waals surface area contributed by atoms with Gasteiger partial charge in [-0.2, -0.15) is 31.6 Å². The van der Waals surface area contributed by atoms with Crippen LogP contribution in [0, 0.1) is 16.7 Å². The Morgan fingerprint density at radius 1 is 1.00 bits per heavy atom. The molecule has 16 heteroatoms. The van der Waals surface area contributed by atoms with Gasteiger partial charge >= 0.3 is 12.4 Å². The minimum atomic E-state index is -5.90. The zero-order valence-electron chi connectivity index (χ0n) is 20.8. The van der Waals surface area contributed by atoms with Crippen molar-refractivity contribution in [1.82, 2.24) is 10.2 Å². The van der Waals surface area contributed by atoms with E-state index in [0.717, 1.165) is 23.1 Å². The molecule has 0 atom stereocenters. The van der Waals surface area contributed by atoms with Crippen molar-refractivity contribution in [2.24, 2.45) is 11.1 Å². The molecular formula is C24H22F6N6O3S. The largest absolute Gasteiger partial charge is 0.480 e. The number of nitriles is 1. The normalized spacial score (nSPS) is 18.1. The molecule has 40 heavy (non-hydrogen) atoms. The van der Waals surface area contributed by atoms with Gasteiger partial charge < -0.3 is 10.5 Å². The highest BCUT2D eigenvalue weighted by Crippen LogP contribution is 2.64. The van der Waals surface area contributed by atoms with Crippen molar-refractivity contribution < 1.29 is 39.5 Å². The van der Waals surface area contributed by atoms with E-state index in [1.807, 2.05) is 0 Å². The Kier molecular flexibility index (Phi) is 7.39. The molecule has 0 saturated heterocycles. The molecule has 2 aromatic rings. The van der Waals surface area contributed by atoms with Crippen LogP contribution in [0.2, 0.25) is 0 Å². The molecule has 0 unspecified atom stereocenters. The maximum absolute atomic E-state index is 14.4. The lowest BCUT2D eigenvalue weighted by Gasteiger charge is -2.46. The summed E-state index contributed by atoms with van der Waals surface area (Å²) in [5.41, 5.74) is -1.60. The number of nitrogens with zero attached hydrogens (tertiary/aromatic N) is 4. The Labute approximate surface area is 225 Å². The van der Waals surface area contributed by atoms with Crippen molar-refractivity contribution in [1.29, 1.82) is 5.26 Å². The molecule has 9 nitrogen and oxygen atoms in total. The third-order valence-electron chi connectivity index (χ3n) is 6.74. The number of nitrogens with two attached hydrogens (primary N) is 1. The van der Waals surface area contributed by atoms with E-state index >= 15 is 0 Å². The van der Waals surface area contributed by atoms with E-state index in [2.05, 4.69) is 14.9 Å². The minimum absolute atomic E-state index is 0.0132. The number of hydrogen-bond acceptors (Lipinski definition) is 8. The van der Waals surface area contributed by atoms with E-state index in [4.69, 9.17) is 10.5 Å². The summed E-state index contributed by atoms with van der Waals surface area (Å²) < 4.78 is 119. The monoisotopic (exact) mass is 588 g/mol. The lowest BCUT2D eigenvalue weighted by Crippen LogP contribution is -2.57. The van der Waals surface area contributed by atoms with Gasteiger partial charge in [0.15, 0.2) is 5.82 Å². The van der Waals surface area contributed by atoms with E-state index in [1.54, 1.807) is 0 Å². The molecule has 3 N–H and O–H groups in total. The van der Waals surface area contributed by atoms with Crippen LogP contribution in [0.25, 0.3) is 0 Å². The average Bonchev–Trinajstić information content (AvgIpc) is 3.13. The maximum Gasteiger partial charge on any atom is 0.411 e. The van der Waals surface area contributed by atoms with Gasteiger partial charge in [0.1, 0.15) is 11.9 Å². The Morgan fingerprint density at radius 3 is 2.15 bits per heavy atom. The van der Waals surface area contributed by atoms with Gasteiger partial charge in [-0.1, -0.05) is 6.42 Å². The quantitative estimate of drug-likeness (QED) is 0.460. The predicted octanol–water partition coefficient (Wildman–Crippen LogP) is 5.13. The van der Waals surface area contributed by atoms with Crippen LogP contribution in [-0.2, 0) is 10.0 Å². The van der Waals surface area contributed by atoms with Crippen molar-refractivity contribution in [2.75, 3.05) is 16.7 Å². The van der Waals surface area contributed by atoms with Gasteiger partial charge in [-0.3, -0.25) is 9.62 Å². The highest BCUT2D eigenvalue weighted by atomic mass is 32.2. The van der Waals surface area contributed by atoms with Gasteiger partial charge in [0, 0.05) is 17.5 Å². The number of halogens is 6. The number of rotatable bonds is 5. The van der Waals surface area contributed by atoms with Gasteiger partial charge in [0.05, 0.1) is 17.6 Å². The van der Waals surface area contributed by atoms with E-state index < -0.39 is 51.2 Å². The van der Waals surface area contributed by atoms with E-state index in [1.165, 1.54) is 31.4 Å². The second kappa shape index (κ2) is 10.2. The molecule has 2 heterocycles. The highest BCUT2D eigenvalue weighted by Gasteiger charge is 2.76. The average molecular weight is 589 g/mol. The smallest absolute Gasteiger partial charge is 0.411 e. The first kappa shape index (κ1) is 29.0. The number of alkyl halides is 6. The first-order valence-corrected chi connectivity index (χ1v) is 13.2. The van der Waals surface area contributed by atoms with Crippen LogP contribution < -0.4 is 20.1 Å². The van der Waals surface area contributed by atoms with Gasteiger partial charge in [-0.05, 0) is 61.6 Å². The molecule has 2 aliphatic rings. The van der Waals surface area contributed by atoms with Gasteiger partial charge in [-0.25, -0.2) is 8.42 Å². The Bertz CT molecular complexity index is 1480. The Balaban J connectivity index is 1.81. The number of nitrogens with one attached hydrogen (secondary N) is 1. The summed E-state index contributed by atoms with van der Waals surface area (Å²) in [6, 6.07) is 8.32. The van der Waals surface area contributed by atoms with Crippen molar-refractivity contribution >= 4 is 21.5 Å². The number of hydrogen-bond donors (Lipinski definition) is 2. The summed E-state index contributed by atoms with van der Waals surface area (Å²) in [5.74, 6) is -1.01. The van der Waals surface area contributed by atoms with Crippen LogP contribution in [0.1, 0.15) is 32.1 Å². The zero-order chi connectivity index (χ0) is 29.5. The molecule has 214 valence electrons. The summed E-state index contributed by atoms with van der Waals surface area (Å²) in [5, 5.41) is 16.9. The number of benzene rings is 1. The number of anilines is 2. The molecule has 1 aliphatic carbocycles. The summed E-state index contributed by atoms with van der Waals surface area (Å²) in [7, 11) is -2.87. The molecule has 0 saturated carbocycles. The fourth-order valence-corrected chi connectivity index (χ4v) is 5.99. The summed E-state index contributed by atoms with van der Waals surface area (Å²) in [4.78, 5) is 0.692. The van der Waals surface area contributed by atoms with E-state index in [0.29, 0.717) is 6.42 Å². The second-order valence-electron chi connectivity index (χ2n) is 9.00. The van der Waals surface area contributed by atoms with E-state index in [-0.39, 0.29) is 47.2 Å². The van der Waals surface area contributed by atoms with Crippen molar-refractivity contribution in [3.63, 3.8) is 0 Å². The number of methoxy groups -OCH3 is 1. The summed E-state index contributed by atoms with van der Waals surface area (Å²) in [6.07, 6.45) is -11.8. The summed E-state index contributed by atoms with van der Waals surface area (Å²) >= 11 is 0. The molecule has 4 rings (SSSR count). The zero-order valence-corrected chi connectivity index (χ0v) is 21.6. The lowest BCUT2D eigenvalue weighted by molar-refractivity contribution is -0.311. The fraction of sp³-hybridized carbons (Fsp3) is 0.375. The molecule has 0 bridgehead atoms. The van der Waals surface area contributed by atoms with Crippen LogP contribution in [0.15, 0.2) is 64.0 Å². The van der Waals surface area contributed by atoms with Crippen LogP contribution in [0.5, 0.6) is 5.88 Å². The number of ether oxygens (including phenoxy) is 1. The number of allylic oxidation sites excluding steroid dienone is 3. The Hall–Kier alpha value is -4.00. The van der Waals surface area contributed by atoms with Gasteiger partial charge in [-0.15, -0.1) is 10.2 Å². The second-order valence-corrected chi connectivity index (χ2v) is 10.7. The third kappa shape index (κ3) is 4.67. The fourth-order valence-electron chi connectivity index (χ4n) is 4.99. The molecule has 1 aromatic carbocycles. The van der Waals surface area contributed by atoms with Crippen LogP contribution >= 0.6 is 0 Å². The molecule has 0 spiro atoms. The standard InChI is InChI=1S/C24H22F6N6O3S/c1-39-20-12-11-19(33-34-20)35-40(37,38)15-9-7-14(8-10-15)36-18-6-4-2-3-5-16(18)22(23(25,26)27,24(28,29)30)17(13-31)21(36)32/h7-12H,2-6,32H2,1H3,(H,33,35). The molecule has 0 radical (unpaired) electrons. The van der Waals surface area contributed by atoms with Gasteiger partial charge in [0.2, 0.25) is 11.3 Å². The van der Waals surface area contributed by atoms with Crippen LogP contribution in [0.4, 0.5) is 37.8 Å². The first-order valence-electron chi connectivity index (χ1n) is 11.8. The topological polar surface area (TPSA) is 134 Å². The molecule has 0 amide bonds. The van der Waals surface area contributed by atoms with Crippen LogP contribution in [-0.4, -0.2) is 38.1 Å². The van der Waals surface area contributed by atoms with Gasteiger partial charge in [0.25, 0.3) is 10.0 Å². The summed E-state index contributed by atoms with van der Waals surface area (Å²) in [6.45, 7) is 0. The molecule has 1 aliphatic heterocycles. The molecular weight excluding hydrogens is 566 g/mol. The van der Waals surface area contributed by atoms with Crippen molar-refractivity contribution in [3.8, 4) is 11.9 Å². The SMILES string of the molecule is COc1ccc(NS(=O)(=O)c2ccc(N3C(N)=C(C#N)C(C(F)(F)F)(C(F)(F)F)C4=C3CCCCC4)cc2)nn1. The number of sulfonamides is 1. The molecule has 1 aromatic heterocycles. The lowest BCUT2D eigenvalue weighted by atomic mass is 9.68. The Morgan fingerprint density at radius 2 is 1.62 bits per heavy atom. The highest BCUT2D eigenvalue weighted by molar-refractivity contribution is 7.92. The molecule has 0 fully saturated rings.